The van der Waals surface area contributed by atoms with E-state index in [2.05, 4.69) is 31.3 Å². The maximum atomic E-state index is 14.4. The molecule has 2 aromatic carbocycles. The number of halogens is 5. The molecule has 2 amide bonds. The van der Waals surface area contributed by atoms with Gasteiger partial charge in [0.25, 0.3) is 0 Å². The van der Waals surface area contributed by atoms with Gasteiger partial charge in [-0.2, -0.15) is 13.2 Å². The Morgan fingerprint density at radius 1 is 1.13 bits per heavy atom. The molecule has 2 fully saturated rings. The average molecular weight is 722 g/mol. The van der Waals surface area contributed by atoms with Crippen molar-refractivity contribution >= 4 is 37.8 Å². The molecule has 248 valence electrons. The molecule has 0 bridgehead atoms. The number of benzene rings is 2. The molecule has 0 unspecified atom stereocenters. The number of carbonyl (C=O) groups is 2. The molecule has 2 saturated heterocycles. The van der Waals surface area contributed by atoms with Crippen molar-refractivity contribution in [3.05, 3.63) is 69.4 Å². The molecule has 2 aromatic rings. The van der Waals surface area contributed by atoms with Crippen LogP contribution in [-0.2, 0) is 43.7 Å². The monoisotopic (exact) mass is 720 g/mol. The third kappa shape index (κ3) is 10.2. The topological polar surface area (TPSA) is 117 Å². The molecule has 15 heteroatoms. The summed E-state index contributed by atoms with van der Waals surface area (Å²) in [5.74, 6) is -1.56. The molecule has 9 nitrogen and oxygen atoms in total. The van der Waals surface area contributed by atoms with Crippen LogP contribution in [-0.4, -0.2) is 69.2 Å². The van der Waals surface area contributed by atoms with E-state index >= 15 is 0 Å². The van der Waals surface area contributed by atoms with Gasteiger partial charge in [-0.25, -0.2) is 17.5 Å². The maximum Gasteiger partial charge on any atom is 0.416 e. The quantitative estimate of drug-likeness (QED) is 0.285. The number of ether oxygens (including phenoxy) is 1. The zero-order chi connectivity index (χ0) is 32.8. The van der Waals surface area contributed by atoms with Crippen LogP contribution in [0.15, 0.2) is 46.9 Å². The Labute approximate surface area is 268 Å². The van der Waals surface area contributed by atoms with E-state index < -0.39 is 64.1 Å². The highest BCUT2D eigenvalue weighted by molar-refractivity contribution is 9.10. The van der Waals surface area contributed by atoms with E-state index in [4.69, 9.17) is 4.74 Å². The normalized spacial score (nSPS) is 20.3. The van der Waals surface area contributed by atoms with Crippen molar-refractivity contribution in [1.29, 1.82) is 0 Å². The van der Waals surface area contributed by atoms with Crippen LogP contribution in [0, 0.1) is 11.7 Å². The summed E-state index contributed by atoms with van der Waals surface area (Å²) in [7, 11) is -3.82. The highest BCUT2D eigenvalue weighted by atomic mass is 79.9. The lowest BCUT2D eigenvalue weighted by Crippen LogP contribution is -2.53. The van der Waals surface area contributed by atoms with Gasteiger partial charge < -0.3 is 20.3 Å². The molecular formula is C30H37BrF4N4O5S. The minimum Gasteiger partial charge on any atom is -0.371 e. The van der Waals surface area contributed by atoms with Gasteiger partial charge in [0.05, 0.1) is 24.5 Å². The predicted molar refractivity (Wildman–Crippen MR) is 163 cm³/mol. The number of amides is 2. The SMILES string of the molecule is CS(=O)(=O)N[C@H](CCC1CCNCC1)C(=O)N1C[C@H](OCc2ccc(Br)cc2F)C[C@@H]1C(=O)NCc1ccccc1C(F)(F)F. The summed E-state index contributed by atoms with van der Waals surface area (Å²) in [6.07, 6.45) is -1.86. The standard InChI is InChI=1S/C30H37BrF4N4O5S/c1-45(42,43)38-26(9-6-19-10-12-36-13-11-19)29(41)39-17-23(44-18-21-7-8-22(31)14-25(21)32)15-27(39)28(40)37-16-20-4-2-3-5-24(20)30(33,34)35/h2-5,7-8,14,19,23,26-27,36,38H,6,9-13,15-18H2,1H3,(H,37,40)/t23-,26-,27-/m1/s1. The summed E-state index contributed by atoms with van der Waals surface area (Å²) >= 11 is 3.20. The van der Waals surface area contributed by atoms with Crippen molar-refractivity contribution in [2.75, 3.05) is 25.9 Å². The highest BCUT2D eigenvalue weighted by Crippen LogP contribution is 2.32. The van der Waals surface area contributed by atoms with Gasteiger partial charge in [0.15, 0.2) is 0 Å². The van der Waals surface area contributed by atoms with Crippen LogP contribution < -0.4 is 15.4 Å². The van der Waals surface area contributed by atoms with Crippen LogP contribution in [0.25, 0.3) is 0 Å². The second-order valence-electron chi connectivity index (χ2n) is 11.5. The number of sulfonamides is 1. The minimum absolute atomic E-state index is 0.0173. The van der Waals surface area contributed by atoms with Crippen LogP contribution in [0.2, 0.25) is 0 Å². The lowest BCUT2D eigenvalue weighted by Gasteiger charge is -2.30. The molecule has 2 heterocycles. The largest absolute Gasteiger partial charge is 0.416 e. The number of likely N-dealkylation sites (tertiary alicyclic amines) is 1. The van der Waals surface area contributed by atoms with Gasteiger partial charge in [-0.1, -0.05) is 40.2 Å². The number of carbonyl (C=O) groups excluding carboxylic acids is 2. The van der Waals surface area contributed by atoms with Gasteiger partial charge in [-0.15, -0.1) is 0 Å². The van der Waals surface area contributed by atoms with Crippen molar-refractivity contribution in [3.63, 3.8) is 0 Å². The molecule has 0 spiro atoms. The second kappa shape index (κ2) is 15.3. The lowest BCUT2D eigenvalue weighted by atomic mass is 9.91. The zero-order valence-electron chi connectivity index (χ0n) is 24.7. The Balaban J connectivity index is 1.53. The summed E-state index contributed by atoms with van der Waals surface area (Å²) in [6, 6.07) is 7.00. The predicted octanol–water partition coefficient (Wildman–Crippen LogP) is 4.11. The van der Waals surface area contributed by atoms with Crippen molar-refractivity contribution in [2.24, 2.45) is 5.92 Å². The number of hydrogen-bond acceptors (Lipinski definition) is 6. The van der Waals surface area contributed by atoms with Gasteiger partial charge >= 0.3 is 6.18 Å². The van der Waals surface area contributed by atoms with E-state index in [0.29, 0.717) is 16.8 Å². The van der Waals surface area contributed by atoms with Crippen molar-refractivity contribution in [3.8, 4) is 0 Å². The molecule has 0 aliphatic carbocycles. The summed E-state index contributed by atoms with van der Waals surface area (Å²) in [5.41, 5.74) is -0.782. The van der Waals surface area contributed by atoms with Gasteiger partial charge in [0, 0.05) is 29.5 Å². The number of alkyl halides is 3. The van der Waals surface area contributed by atoms with Crippen molar-refractivity contribution in [2.45, 2.75) is 69.6 Å². The average Bonchev–Trinajstić information content (AvgIpc) is 3.41. The number of nitrogens with zero attached hydrogens (tertiary/aromatic N) is 1. The zero-order valence-corrected chi connectivity index (χ0v) is 27.1. The van der Waals surface area contributed by atoms with Crippen LogP contribution in [0.5, 0.6) is 0 Å². The molecule has 3 N–H and O–H groups in total. The van der Waals surface area contributed by atoms with E-state index in [9.17, 15) is 35.6 Å². The molecule has 0 saturated carbocycles. The molecule has 4 rings (SSSR count). The Bertz CT molecular complexity index is 1460. The molecule has 0 aromatic heterocycles. The van der Waals surface area contributed by atoms with E-state index in [-0.39, 0.29) is 37.1 Å². The van der Waals surface area contributed by atoms with Crippen LogP contribution >= 0.6 is 15.9 Å². The summed E-state index contributed by atoms with van der Waals surface area (Å²) in [5, 5.41) is 5.78. The summed E-state index contributed by atoms with van der Waals surface area (Å²) < 4.78 is 88.4. The molecule has 0 radical (unpaired) electrons. The number of hydrogen-bond donors (Lipinski definition) is 3. The Morgan fingerprint density at radius 3 is 2.51 bits per heavy atom. The first kappa shape index (κ1) is 35.3. The fraction of sp³-hybridized carbons (Fsp3) is 0.533. The Morgan fingerprint density at radius 2 is 1.84 bits per heavy atom. The fourth-order valence-electron chi connectivity index (χ4n) is 5.77. The van der Waals surface area contributed by atoms with E-state index in [0.717, 1.165) is 38.3 Å². The second-order valence-corrected chi connectivity index (χ2v) is 14.2. The number of piperidine rings is 1. The summed E-state index contributed by atoms with van der Waals surface area (Å²) in [4.78, 5) is 28.6. The molecule has 2 aliphatic heterocycles. The molecule has 3 atom stereocenters. The van der Waals surface area contributed by atoms with Crippen molar-refractivity contribution in [1.82, 2.24) is 20.3 Å². The van der Waals surface area contributed by atoms with Gasteiger partial charge in [0.1, 0.15) is 17.9 Å². The first-order chi connectivity index (χ1) is 21.2. The van der Waals surface area contributed by atoms with E-state index in [1.807, 2.05) is 0 Å². The smallest absolute Gasteiger partial charge is 0.371 e. The first-order valence-corrected chi connectivity index (χ1v) is 17.4. The highest BCUT2D eigenvalue weighted by Gasteiger charge is 2.43. The first-order valence-electron chi connectivity index (χ1n) is 14.7. The number of rotatable bonds is 12. The van der Waals surface area contributed by atoms with E-state index in [1.54, 1.807) is 6.07 Å². The Hall–Kier alpha value is -2.59. The molecule has 45 heavy (non-hydrogen) atoms. The Kier molecular flexibility index (Phi) is 12.0. The van der Waals surface area contributed by atoms with Gasteiger partial charge in [-0.3, -0.25) is 9.59 Å². The molecule has 2 aliphatic rings. The third-order valence-electron chi connectivity index (χ3n) is 8.09. The third-order valence-corrected chi connectivity index (χ3v) is 9.30. The molecular weight excluding hydrogens is 684 g/mol. The number of nitrogens with one attached hydrogen (secondary N) is 3. The van der Waals surface area contributed by atoms with Crippen LogP contribution in [0.1, 0.15) is 48.8 Å². The van der Waals surface area contributed by atoms with Crippen LogP contribution in [0.4, 0.5) is 17.6 Å². The van der Waals surface area contributed by atoms with Gasteiger partial charge in [0.2, 0.25) is 21.8 Å². The van der Waals surface area contributed by atoms with Crippen molar-refractivity contribution < 1.29 is 40.3 Å². The van der Waals surface area contributed by atoms with Crippen LogP contribution in [0.3, 0.4) is 0 Å². The van der Waals surface area contributed by atoms with E-state index in [1.165, 1.54) is 35.2 Å². The van der Waals surface area contributed by atoms with Gasteiger partial charge in [-0.05, 0) is 68.5 Å². The lowest BCUT2D eigenvalue weighted by molar-refractivity contribution is -0.140. The maximum absolute atomic E-state index is 14.4. The minimum atomic E-state index is -4.63. The summed E-state index contributed by atoms with van der Waals surface area (Å²) in [6.45, 7) is 0.964. The fourth-order valence-corrected chi connectivity index (χ4v) is 6.84.